The van der Waals surface area contributed by atoms with Crippen LogP contribution in [0.3, 0.4) is 0 Å². The number of nitrogens with one attached hydrogen (secondary N) is 2. The fourth-order valence-corrected chi connectivity index (χ4v) is 1.74. The summed E-state index contributed by atoms with van der Waals surface area (Å²) < 4.78 is 0. The Kier molecular flexibility index (Phi) is 5.36. The topological polar surface area (TPSA) is 24.1 Å². The molecule has 0 heterocycles. The standard InChI is InChI=1S/C16H28N2/c1-12-7-8-15(9-13(12)2)11-17-14(3)10-18-16(4,5)6/h7-9,14,17-18H,10-11H2,1-6H3. The van der Waals surface area contributed by atoms with Gasteiger partial charge in [0.15, 0.2) is 0 Å². The molecule has 1 atom stereocenters. The van der Waals surface area contributed by atoms with E-state index in [0.29, 0.717) is 6.04 Å². The molecule has 102 valence electrons. The monoisotopic (exact) mass is 248 g/mol. The Balaban J connectivity index is 2.38. The van der Waals surface area contributed by atoms with Crippen molar-refractivity contribution in [2.45, 2.75) is 59.7 Å². The molecule has 0 spiro atoms. The van der Waals surface area contributed by atoms with Gasteiger partial charge in [-0.05, 0) is 58.2 Å². The van der Waals surface area contributed by atoms with Crippen molar-refractivity contribution in [3.8, 4) is 0 Å². The Bertz CT molecular complexity index is 377. The van der Waals surface area contributed by atoms with E-state index in [4.69, 9.17) is 0 Å². The molecule has 18 heavy (non-hydrogen) atoms. The number of benzene rings is 1. The van der Waals surface area contributed by atoms with Crippen molar-refractivity contribution in [3.63, 3.8) is 0 Å². The Morgan fingerprint density at radius 2 is 1.78 bits per heavy atom. The summed E-state index contributed by atoms with van der Waals surface area (Å²) in [7, 11) is 0. The smallest absolute Gasteiger partial charge is 0.0208 e. The highest BCUT2D eigenvalue weighted by Gasteiger charge is 2.10. The average Bonchev–Trinajstić information content (AvgIpc) is 2.27. The molecule has 0 aliphatic heterocycles. The second-order valence-corrected chi connectivity index (χ2v) is 6.33. The van der Waals surface area contributed by atoms with Gasteiger partial charge >= 0.3 is 0 Å². The van der Waals surface area contributed by atoms with Gasteiger partial charge in [0.2, 0.25) is 0 Å². The van der Waals surface area contributed by atoms with E-state index in [0.717, 1.165) is 13.1 Å². The van der Waals surface area contributed by atoms with Gasteiger partial charge in [0.05, 0.1) is 0 Å². The minimum Gasteiger partial charge on any atom is -0.311 e. The lowest BCUT2D eigenvalue weighted by Gasteiger charge is -2.24. The maximum absolute atomic E-state index is 3.56. The molecule has 2 heteroatoms. The van der Waals surface area contributed by atoms with Crippen molar-refractivity contribution >= 4 is 0 Å². The predicted octanol–water partition coefficient (Wildman–Crippen LogP) is 3.17. The third-order valence-electron chi connectivity index (χ3n) is 3.16. The largest absolute Gasteiger partial charge is 0.311 e. The quantitative estimate of drug-likeness (QED) is 0.836. The Labute approximate surface area is 112 Å². The molecule has 0 fully saturated rings. The van der Waals surface area contributed by atoms with E-state index in [-0.39, 0.29) is 5.54 Å². The predicted molar refractivity (Wildman–Crippen MR) is 80.0 cm³/mol. The molecule has 2 N–H and O–H groups in total. The molecule has 0 saturated carbocycles. The lowest BCUT2D eigenvalue weighted by Crippen LogP contribution is -2.44. The van der Waals surface area contributed by atoms with Crippen molar-refractivity contribution in [1.29, 1.82) is 0 Å². The molecule has 1 unspecified atom stereocenters. The Hall–Kier alpha value is -0.860. The first-order valence-corrected chi connectivity index (χ1v) is 6.82. The molecule has 1 aromatic carbocycles. The van der Waals surface area contributed by atoms with Gasteiger partial charge in [-0.3, -0.25) is 0 Å². The van der Waals surface area contributed by atoms with E-state index in [1.165, 1.54) is 16.7 Å². The van der Waals surface area contributed by atoms with Crippen molar-refractivity contribution in [3.05, 3.63) is 34.9 Å². The van der Waals surface area contributed by atoms with Crippen LogP contribution < -0.4 is 10.6 Å². The van der Waals surface area contributed by atoms with Gasteiger partial charge in [-0.2, -0.15) is 0 Å². The van der Waals surface area contributed by atoms with Crippen molar-refractivity contribution in [2.24, 2.45) is 0 Å². The number of hydrogen-bond acceptors (Lipinski definition) is 2. The molecule has 0 bridgehead atoms. The van der Waals surface area contributed by atoms with Crippen LogP contribution in [0, 0.1) is 13.8 Å². The second kappa shape index (κ2) is 6.35. The normalized spacial score (nSPS) is 13.7. The molecular weight excluding hydrogens is 220 g/mol. The van der Waals surface area contributed by atoms with Crippen molar-refractivity contribution < 1.29 is 0 Å². The summed E-state index contributed by atoms with van der Waals surface area (Å²) in [5, 5.41) is 7.07. The summed E-state index contributed by atoms with van der Waals surface area (Å²) in [5.41, 5.74) is 4.29. The number of rotatable bonds is 5. The van der Waals surface area contributed by atoms with Gasteiger partial charge in [-0.15, -0.1) is 0 Å². The highest BCUT2D eigenvalue weighted by Crippen LogP contribution is 2.09. The molecule has 1 rings (SSSR count). The lowest BCUT2D eigenvalue weighted by molar-refractivity contribution is 0.387. The average molecular weight is 248 g/mol. The van der Waals surface area contributed by atoms with Gasteiger partial charge in [0, 0.05) is 24.7 Å². The molecule has 0 amide bonds. The molecule has 2 nitrogen and oxygen atoms in total. The van der Waals surface area contributed by atoms with Gasteiger partial charge in [0.25, 0.3) is 0 Å². The summed E-state index contributed by atoms with van der Waals surface area (Å²) in [5.74, 6) is 0. The van der Waals surface area contributed by atoms with Crippen LogP contribution in [-0.2, 0) is 6.54 Å². The van der Waals surface area contributed by atoms with Crippen LogP contribution in [0.5, 0.6) is 0 Å². The van der Waals surface area contributed by atoms with E-state index >= 15 is 0 Å². The van der Waals surface area contributed by atoms with E-state index in [1.807, 2.05) is 0 Å². The van der Waals surface area contributed by atoms with Crippen LogP contribution in [0.25, 0.3) is 0 Å². The first kappa shape index (κ1) is 15.2. The van der Waals surface area contributed by atoms with Crippen LogP contribution in [0.4, 0.5) is 0 Å². The minimum absolute atomic E-state index is 0.191. The van der Waals surface area contributed by atoms with Gasteiger partial charge in [-0.1, -0.05) is 18.2 Å². The minimum atomic E-state index is 0.191. The maximum Gasteiger partial charge on any atom is 0.0208 e. The third kappa shape index (κ3) is 5.65. The highest BCUT2D eigenvalue weighted by molar-refractivity contribution is 5.29. The molecule has 0 radical (unpaired) electrons. The molecule has 0 aliphatic carbocycles. The highest BCUT2D eigenvalue weighted by atomic mass is 15.0. The van der Waals surface area contributed by atoms with Crippen molar-refractivity contribution in [2.75, 3.05) is 6.54 Å². The number of aryl methyl sites for hydroxylation is 2. The van der Waals surface area contributed by atoms with E-state index in [9.17, 15) is 0 Å². The first-order chi connectivity index (χ1) is 8.28. The summed E-state index contributed by atoms with van der Waals surface area (Å²) >= 11 is 0. The van der Waals surface area contributed by atoms with Crippen LogP contribution in [0.1, 0.15) is 44.4 Å². The molecule has 0 aliphatic rings. The van der Waals surface area contributed by atoms with Gasteiger partial charge in [0.1, 0.15) is 0 Å². The summed E-state index contributed by atoms with van der Waals surface area (Å²) in [6.07, 6.45) is 0. The van der Waals surface area contributed by atoms with E-state index in [2.05, 4.69) is 70.4 Å². The van der Waals surface area contributed by atoms with Gasteiger partial charge in [-0.25, -0.2) is 0 Å². The fraction of sp³-hybridized carbons (Fsp3) is 0.625. The zero-order valence-corrected chi connectivity index (χ0v) is 12.7. The summed E-state index contributed by atoms with van der Waals surface area (Å²) in [6.45, 7) is 15.1. The Morgan fingerprint density at radius 3 is 2.33 bits per heavy atom. The zero-order chi connectivity index (χ0) is 13.8. The first-order valence-electron chi connectivity index (χ1n) is 6.82. The van der Waals surface area contributed by atoms with Crippen LogP contribution in [0.15, 0.2) is 18.2 Å². The molecular formula is C16H28N2. The Morgan fingerprint density at radius 1 is 1.11 bits per heavy atom. The van der Waals surface area contributed by atoms with Crippen LogP contribution >= 0.6 is 0 Å². The van der Waals surface area contributed by atoms with Crippen LogP contribution in [0.2, 0.25) is 0 Å². The zero-order valence-electron chi connectivity index (χ0n) is 12.7. The third-order valence-corrected chi connectivity index (χ3v) is 3.16. The molecule has 0 aromatic heterocycles. The SMILES string of the molecule is Cc1ccc(CNC(C)CNC(C)(C)C)cc1C. The van der Waals surface area contributed by atoms with Crippen LogP contribution in [-0.4, -0.2) is 18.1 Å². The maximum atomic E-state index is 3.56. The summed E-state index contributed by atoms with van der Waals surface area (Å²) in [6, 6.07) is 7.15. The van der Waals surface area contributed by atoms with E-state index in [1.54, 1.807) is 0 Å². The van der Waals surface area contributed by atoms with E-state index < -0.39 is 0 Å². The fourth-order valence-electron chi connectivity index (χ4n) is 1.74. The number of hydrogen-bond donors (Lipinski definition) is 2. The lowest BCUT2D eigenvalue weighted by atomic mass is 10.1. The van der Waals surface area contributed by atoms with Gasteiger partial charge < -0.3 is 10.6 Å². The molecule has 0 saturated heterocycles. The summed E-state index contributed by atoms with van der Waals surface area (Å²) in [4.78, 5) is 0. The second-order valence-electron chi connectivity index (χ2n) is 6.33. The molecule has 1 aromatic rings. The van der Waals surface area contributed by atoms with Crippen molar-refractivity contribution in [1.82, 2.24) is 10.6 Å².